The lowest BCUT2D eigenvalue weighted by atomic mass is 9.83. The van der Waals surface area contributed by atoms with Crippen molar-refractivity contribution in [3.63, 3.8) is 0 Å². The number of nitrogens with two attached hydrogens (primary N) is 2. The first kappa shape index (κ1) is 13.8. The monoisotopic (exact) mass is 293 g/mol. The Labute approximate surface area is 128 Å². The van der Waals surface area contributed by atoms with Gasteiger partial charge < -0.3 is 20.9 Å². The Kier molecular flexibility index (Phi) is 3.36. The van der Waals surface area contributed by atoms with Gasteiger partial charge in [-0.2, -0.15) is 5.26 Å². The summed E-state index contributed by atoms with van der Waals surface area (Å²) in [6.07, 6.45) is 0. The highest BCUT2D eigenvalue weighted by Crippen LogP contribution is 2.45. The fourth-order valence-corrected chi connectivity index (χ4v) is 2.70. The van der Waals surface area contributed by atoms with Crippen LogP contribution in [-0.2, 0) is 0 Å². The molecule has 0 fully saturated rings. The SMILES string of the molecule is COc1ccccc1C1C(C#N)=C(N)Oc2cc(N)ccc21. The van der Waals surface area contributed by atoms with E-state index in [2.05, 4.69) is 6.07 Å². The van der Waals surface area contributed by atoms with Crippen LogP contribution in [0, 0.1) is 11.3 Å². The highest BCUT2D eigenvalue weighted by Gasteiger charge is 2.32. The van der Waals surface area contributed by atoms with E-state index in [0.29, 0.717) is 22.8 Å². The van der Waals surface area contributed by atoms with Gasteiger partial charge in [-0.05, 0) is 12.1 Å². The first-order valence-corrected chi connectivity index (χ1v) is 6.75. The molecule has 1 heterocycles. The van der Waals surface area contributed by atoms with Gasteiger partial charge in [-0.1, -0.05) is 24.3 Å². The number of allylic oxidation sites excluding steroid dienone is 1. The molecule has 2 aromatic rings. The summed E-state index contributed by atoms with van der Waals surface area (Å²) in [5.74, 6) is 1.01. The third-order valence-electron chi connectivity index (χ3n) is 3.69. The third kappa shape index (κ3) is 2.11. The first-order chi connectivity index (χ1) is 10.7. The Morgan fingerprint density at radius 2 is 1.91 bits per heavy atom. The van der Waals surface area contributed by atoms with Gasteiger partial charge in [0, 0.05) is 22.9 Å². The van der Waals surface area contributed by atoms with Crippen LogP contribution in [0.15, 0.2) is 53.9 Å². The summed E-state index contributed by atoms with van der Waals surface area (Å²) in [7, 11) is 1.60. The number of benzene rings is 2. The molecule has 0 saturated carbocycles. The first-order valence-electron chi connectivity index (χ1n) is 6.75. The fourth-order valence-electron chi connectivity index (χ4n) is 2.70. The Balaban J connectivity index is 2.26. The van der Waals surface area contributed by atoms with Gasteiger partial charge in [-0.3, -0.25) is 0 Å². The average Bonchev–Trinajstić information content (AvgIpc) is 2.53. The largest absolute Gasteiger partial charge is 0.496 e. The average molecular weight is 293 g/mol. The van der Waals surface area contributed by atoms with E-state index in [1.165, 1.54) is 0 Å². The van der Waals surface area contributed by atoms with E-state index in [1.807, 2.05) is 30.3 Å². The minimum atomic E-state index is -0.342. The lowest BCUT2D eigenvalue weighted by Gasteiger charge is -2.27. The van der Waals surface area contributed by atoms with E-state index >= 15 is 0 Å². The zero-order valence-corrected chi connectivity index (χ0v) is 12.0. The van der Waals surface area contributed by atoms with Crippen molar-refractivity contribution in [2.45, 2.75) is 5.92 Å². The van der Waals surface area contributed by atoms with Crippen molar-refractivity contribution in [1.82, 2.24) is 0 Å². The predicted octanol–water partition coefficient (Wildman–Crippen LogP) is 2.50. The molecule has 1 atom stereocenters. The van der Waals surface area contributed by atoms with E-state index < -0.39 is 0 Å². The molecule has 0 radical (unpaired) electrons. The molecular weight excluding hydrogens is 278 g/mol. The summed E-state index contributed by atoms with van der Waals surface area (Å²) in [6, 6.07) is 15.0. The van der Waals surface area contributed by atoms with Crippen LogP contribution < -0.4 is 20.9 Å². The second-order valence-corrected chi connectivity index (χ2v) is 4.96. The van der Waals surface area contributed by atoms with Crippen LogP contribution in [0.1, 0.15) is 17.0 Å². The molecule has 5 nitrogen and oxygen atoms in total. The molecule has 5 heteroatoms. The van der Waals surface area contributed by atoms with Crippen molar-refractivity contribution in [2.24, 2.45) is 5.73 Å². The number of methoxy groups -OCH3 is 1. The van der Waals surface area contributed by atoms with Gasteiger partial charge in [0.1, 0.15) is 23.1 Å². The fraction of sp³-hybridized carbons (Fsp3) is 0.118. The standard InChI is InChI=1S/C17H15N3O2/c1-21-14-5-3-2-4-11(14)16-12-7-6-10(19)8-15(12)22-17(20)13(16)9-18/h2-8,16H,19-20H2,1H3. The minimum Gasteiger partial charge on any atom is -0.496 e. The number of para-hydroxylation sites is 1. The third-order valence-corrected chi connectivity index (χ3v) is 3.69. The van der Waals surface area contributed by atoms with Crippen molar-refractivity contribution < 1.29 is 9.47 Å². The van der Waals surface area contributed by atoms with E-state index in [4.69, 9.17) is 20.9 Å². The molecule has 22 heavy (non-hydrogen) atoms. The van der Waals surface area contributed by atoms with Crippen LogP contribution in [0.25, 0.3) is 0 Å². The van der Waals surface area contributed by atoms with Crippen molar-refractivity contribution >= 4 is 5.69 Å². The van der Waals surface area contributed by atoms with Crippen molar-refractivity contribution in [3.05, 3.63) is 65.0 Å². The van der Waals surface area contributed by atoms with Gasteiger partial charge in [0.25, 0.3) is 0 Å². The van der Waals surface area contributed by atoms with Gasteiger partial charge in [0.05, 0.1) is 13.0 Å². The normalized spacial score (nSPS) is 16.5. The smallest absolute Gasteiger partial charge is 0.205 e. The summed E-state index contributed by atoms with van der Waals surface area (Å²) in [5, 5.41) is 9.50. The zero-order valence-electron chi connectivity index (χ0n) is 12.0. The van der Waals surface area contributed by atoms with Crippen LogP contribution in [0.4, 0.5) is 5.69 Å². The summed E-state index contributed by atoms with van der Waals surface area (Å²) in [6.45, 7) is 0. The molecule has 0 saturated heterocycles. The van der Waals surface area contributed by atoms with Gasteiger partial charge in [-0.25, -0.2) is 0 Å². The van der Waals surface area contributed by atoms with E-state index in [0.717, 1.165) is 11.1 Å². The molecule has 110 valence electrons. The number of nitriles is 1. The molecule has 3 rings (SSSR count). The molecular formula is C17H15N3O2. The number of hydrogen-bond donors (Lipinski definition) is 2. The van der Waals surface area contributed by atoms with Crippen LogP contribution in [0.5, 0.6) is 11.5 Å². The van der Waals surface area contributed by atoms with Crippen LogP contribution >= 0.6 is 0 Å². The van der Waals surface area contributed by atoms with Crippen molar-refractivity contribution in [2.75, 3.05) is 12.8 Å². The quantitative estimate of drug-likeness (QED) is 0.830. The van der Waals surface area contributed by atoms with Gasteiger partial charge in [0.15, 0.2) is 0 Å². The summed E-state index contributed by atoms with van der Waals surface area (Å²) < 4.78 is 11.0. The second kappa shape index (κ2) is 5.34. The van der Waals surface area contributed by atoms with E-state index in [-0.39, 0.29) is 11.8 Å². The van der Waals surface area contributed by atoms with Gasteiger partial charge in [-0.15, -0.1) is 0 Å². The van der Waals surface area contributed by atoms with Gasteiger partial charge in [0.2, 0.25) is 5.88 Å². The lowest BCUT2D eigenvalue weighted by molar-refractivity contribution is 0.387. The second-order valence-electron chi connectivity index (χ2n) is 4.96. The zero-order chi connectivity index (χ0) is 15.7. The summed E-state index contributed by atoms with van der Waals surface area (Å²) in [5.41, 5.74) is 14.4. The Morgan fingerprint density at radius 1 is 1.14 bits per heavy atom. The molecule has 1 unspecified atom stereocenters. The van der Waals surface area contributed by atoms with E-state index in [1.54, 1.807) is 19.2 Å². The maximum atomic E-state index is 9.50. The topological polar surface area (TPSA) is 94.3 Å². The summed E-state index contributed by atoms with van der Waals surface area (Å²) in [4.78, 5) is 0. The Hall–Kier alpha value is -3.13. The molecule has 0 amide bonds. The molecule has 0 aliphatic carbocycles. The van der Waals surface area contributed by atoms with Crippen molar-refractivity contribution in [1.29, 1.82) is 5.26 Å². The highest BCUT2D eigenvalue weighted by molar-refractivity contribution is 5.61. The van der Waals surface area contributed by atoms with Gasteiger partial charge >= 0.3 is 0 Å². The van der Waals surface area contributed by atoms with Crippen LogP contribution in [-0.4, -0.2) is 7.11 Å². The molecule has 0 aromatic heterocycles. The molecule has 1 aliphatic heterocycles. The number of fused-ring (bicyclic) bond motifs is 1. The minimum absolute atomic E-state index is 0.0940. The number of nitrogen functional groups attached to an aromatic ring is 1. The lowest BCUT2D eigenvalue weighted by Crippen LogP contribution is -2.21. The summed E-state index contributed by atoms with van der Waals surface area (Å²) >= 11 is 0. The number of nitrogens with zero attached hydrogens (tertiary/aromatic N) is 1. The molecule has 0 bridgehead atoms. The molecule has 0 spiro atoms. The highest BCUT2D eigenvalue weighted by atomic mass is 16.5. The number of anilines is 1. The Bertz CT molecular complexity index is 806. The molecule has 4 N–H and O–H groups in total. The Morgan fingerprint density at radius 3 is 2.64 bits per heavy atom. The molecule has 1 aliphatic rings. The van der Waals surface area contributed by atoms with E-state index in [9.17, 15) is 5.26 Å². The molecule has 2 aromatic carbocycles. The predicted molar refractivity (Wildman–Crippen MR) is 83.1 cm³/mol. The van der Waals surface area contributed by atoms with Crippen LogP contribution in [0.3, 0.4) is 0 Å². The number of rotatable bonds is 2. The maximum absolute atomic E-state index is 9.50. The van der Waals surface area contributed by atoms with Crippen molar-refractivity contribution in [3.8, 4) is 17.6 Å². The number of hydrogen-bond acceptors (Lipinski definition) is 5. The maximum Gasteiger partial charge on any atom is 0.205 e. The number of ether oxygens (including phenoxy) is 2. The van der Waals surface area contributed by atoms with Crippen LogP contribution in [0.2, 0.25) is 0 Å².